The van der Waals surface area contributed by atoms with Crippen molar-refractivity contribution in [1.29, 1.82) is 0 Å². The summed E-state index contributed by atoms with van der Waals surface area (Å²) >= 11 is 0. The molecule has 9 heteroatoms. The zero-order valence-electron chi connectivity index (χ0n) is 8.55. The molecule has 2 N–H and O–H groups in total. The van der Waals surface area contributed by atoms with E-state index in [0.717, 1.165) is 0 Å². The predicted molar refractivity (Wildman–Crippen MR) is 57.0 cm³/mol. The molecule has 1 aromatic rings. The van der Waals surface area contributed by atoms with Gasteiger partial charge in [-0.2, -0.15) is 10.2 Å². The minimum Gasteiger partial charge on any atom is -0.297 e. The highest BCUT2D eigenvalue weighted by Crippen LogP contribution is 2.23. The number of hydrogen-bond acceptors (Lipinski definition) is 8. The van der Waals surface area contributed by atoms with E-state index in [1.165, 1.54) is 12.4 Å². The Morgan fingerprint density at radius 3 is 2.94 bits per heavy atom. The van der Waals surface area contributed by atoms with Gasteiger partial charge in [0.2, 0.25) is 0 Å². The molecule has 90 valence electrons. The number of rotatable bonds is 4. The lowest BCUT2D eigenvalue weighted by atomic mass is 10.1. The smallest absolute Gasteiger partial charge is 0.257 e. The molecule has 0 aliphatic carbocycles. The standard InChI is InChI=1S/C8H9N5O3S/c9-8(2-4-11-13-8)6-1-3-10-7(12-6)5-16-17(14)15/h1-4,17H,5,9H2. The summed E-state index contributed by atoms with van der Waals surface area (Å²) in [6.45, 7) is -0.233. The van der Waals surface area contributed by atoms with Crippen molar-refractivity contribution in [2.75, 3.05) is 0 Å². The molecule has 0 saturated carbocycles. The van der Waals surface area contributed by atoms with Gasteiger partial charge in [-0.15, -0.1) is 0 Å². The fourth-order valence-corrected chi connectivity index (χ4v) is 1.47. The quantitative estimate of drug-likeness (QED) is 0.707. The molecule has 1 aliphatic rings. The van der Waals surface area contributed by atoms with Gasteiger partial charge in [0.15, 0.2) is 11.5 Å². The van der Waals surface area contributed by atoms with E-state index in [2.05, 4.69) is 24.4 Å². The summed E-state index contributed by atoms with van der Waals surface area (Å²) in [6.07, 6.45) is 4.50. The van der Waals surface area contributed by atoms with Crippen LogP contribution in [0.2, 0.25) is 0 Å². The van der Waals surface area contributed by atoms with Crippen LogP contribution in [-0.4, -0.2) is 18.4 Å². The SMILES string of the molecule is NC1(c2ccnc(CO[SH](=O)=O)n2)C=CN=N1. The van der Waals surface area contributed by atoms with Crippen LogP contribution in [0.15, 0.2) is 34.8 Å². The van der Waals surface area contributed by atoms with Crippen molar-refractivity contribution in [2.24, 2.45) is 16.0 Å². The van der Waals surface area contributed by atoms with Crippen molar-refractivity contribution in [2.45, 2.75) is 12.3 Å². The molecule has 0 amide bonds. The average Bonchev–Trinajstić information content (AvgIpc) is 2.75. The summed E-state index contributed by atoms with van der Waals surface area (Å²) in [5.41, 5.74) is 5.21. The highest BCUT2D eigenvalue weighted by atomic mass is 32.2. The molecule has 0 bridgehead atoms. The second-order valence-corrected chi connectivity index (χ2v) is 3.92. The minimum atomic E-state index is -2.92. The molecule has 0 aromatic carbocycles. The highest BCUT2D eigenvalue weighted by molar-refractivity contribution is 7.67. The molecule has 2 heterocycles. The first-order chi connectivity index (χ1) is 8.10. The molecular weight excluding hydrogens is 246 g/mol. The van der Waals surface area contributed by atoms with E-state index in [1.54, 1.807) is 12.1 Å². The first-order valence-corrected chi connectivity index (χ1v) is 5.68. The highest BCUT2D eigenvalue weighted by Gasteiger charge is 2.28. The van der Waals surface area contributed by atoms with Crippen molar-refractivity contribution in [3.05, 3.63) is 36.1 Å². The van der Waals surface area contributed by atoms with Gasteiger partial charge in [0.1, 0.15) is 6.61 Å². The van der Waals surface area contributed by atoms with Crippen LogP contribution in [-0.2, 0) is 27.4 Å². The molecule has 8 nitrogen and oxygen atoms in total. The second kappa shape index (κ2) is 4.65. The Labute approximate surface area is 98.4 Å². The predicted octanol–water partition coefficient (Wildman–Crippen LogP) is -0.389. The molecule has 0 fully saturated rings. The van der Waals surface area contributed by atoms with Crippen LogP contribution in [0.25, 0.3) is 0 Å². The van der Waals surface area contributed by atoms with Crippen LogP contribution in [0.5, 0.6) is 0 Å². The van der Waals surface area contributed by atoms with E-state index in [9.17, 15) is 8.42 Å². The van der Waals surface area contributed by atoms with Gasteiger partial charge >= 0.3 is 0 Å². The molecule has 1 atom stereocenters. The van der Waals surface area contributed by atoms with Crippen molar-refractivity contribution >= 4 is 11.0 Å². The average molecular weight is 255 g/mol. The molecule has 1 unspecified atom stereocenters. The third kappa shape index (κ3) is 2.70. The maximum absolute atomic E-state index is 10.3. The Bertz CT molecular complexity index is 534. The molecule has 0 spiro atoms. The van der Waals surface area contributed by atoms with Crippen molar-refractivity contribution < 1.29 is 12.6 Å². The van der Waals surface area contributed by atoms with Gasteiger partial charge in [-0.05, 0) is 12.1 Å². The zero-order chi connectivity index (χ0) is 12.3. The minimum absolute atomic E-state index is 0.210. The second-order valence-electron chi connectivity index (χ2n) is 3.21. The fourth-order valence-electron chi connectivity index (χ4n) is 1.25. The van der Waals surface area contributed by atoms with E-state index < -0.39 is 16.6 Å². The van der Waals surface area contributed by atoms with Crippen molar-refractivity contribution in [1.82, 2.24) is 9.97 Å². The number of thiol groups is 1. The van der Waals surface area contributed by atoms with Gasteiger partial charge in [0.05, 0.1) is 5.69 Å². The Balaban J connectivity index is 2.22. The van der Waals surface area contributed by atoms with Gasteiger partial charge in [-0.25, -0.2) is 18.4 Å². The summed E-state index contributed by atoms with van der Waals surface area (Å²) in [5.74, 6) is 0.210. The maximum atomic E-state index is 10.3. The lowest BCUT2D eigenvalue weighted by Crippen LogP contribution is -2.32. The normalized spacial score (nSPS) is 22.5. The Hall–Kier alpha value is -1.71. The van der Waals surface area contributed by atoms with Crippen LogP contribution >= 0.6 is 0 Å². The van der Waals surface area contributed by atoms with Crippen molar-refractivity contribution in [3.63, 3.8) is 0 Å². The Morgan fingerprint density at radius 2 is 2.29 bits per heavy atom. The largest absolute Gasteiger partial charge is 0.297 e. The lowest BCUT2D eigenvalue weighted by molar-refractivity contribution is 0.311. The van der Waals surface area contributed by atoms with E-state index in [4.69, 9.17) is 5.73 Å². The van der Waals surface area contributed by atoms with E-state index >= 15 is 0 Å². The molecule has 17 heavy (non-hydrogen) atoms. The monoisotopic (exact) mass is 255 g/mol. The lowest BCUT2D eigenvalue weighted by Gasteiger charge is -2.15. The molecule has 0 saturated heterocycles. The third-order valence-electron chi connectivity index (χ3n) is 2.03. The van der Waals surface area contributed by atoms with Gasteiger partial charge in [-0.1, -0.05) is 0 Å². The van der Waals surface area contributed by atoms with Crippen LogP contribution in [0.4, 0.5) is 0 Å². The van der Waals surface area contributed by atoms with E-state index in [-0.39, 0.29) is 12.4 Å². The van der Waals surface area contributed by atoms with Gasteiger partial charge in [-0.3, -0.25) is 9.92 Å². The number of aromatic nitrogens is 2. The Morgan fingerprint density at radius 1 is 1.47 bits per heavy atom. The number of azo groups is 1. The maximum Gasteiger partial charge on any atom is 0.257 e. The third-order valence-corrected chi connectivity index (χ3v) is 2.37. The first kappa shape index (κ1) is 11.8. The number of nitrogens with zero attached hydrogens (tertiary/aromatic N) is 4. The molecule has 0 radical (unpaired) electrons. The summed E-state index contributed by atoms with van der Waals surface area (Å²) in [5, 5.41) is 7.46. The van der Waals surface area contributed by atoms with Crippen LogP contribution < -0.4 is 5.73 Å². The summed E-state index contributed by atoms with van der Waals surface area (Å²) in [6, 6.07) is 1.58. The van der Waals surface area contributed by atoms with Crippen LogP contribution in [0.3, 0.4) is 0 Å². The summed E-state index contributed by atoms with van der Waals surface area (Å²) < 4.78 is 24.9. The van der Waals surface area contributed by atoms with Crippen molar-refractivity contribution in [3.8, 4) is 0 Å². The molecular formula is C8H9N5O3S. The topological polar surface area (TPSA) is 120 Å². The molecule has 1 aromatic heterocycles. The first-order valence-electron chi connectivity index (χ1n) is 4.58. The number of hydrogen-bond donors (Lipinski definition) is 2. The summed E-state index contributed by atoms with van der Waals surface area (Å²) in [7, 11) is -2.92. The molecule has 1 aliphatic heterocycles. The Kier molecular flexibility index (Phi) is 3.22. The number of nitrogens with two attached hydrogens (primary N) is 1. The van der Waals surface area contributed by atoms with Gasteiger partial charge in [0.25, 0.3) is 11.0 Å². The van der Waals surface area contributed by atoms with E-state index in [0.29, 0.717) is 5.69 Å². The molecule has 2 rings (SSSR count). The van der Waals surface area contributed by atoms with Gasteiger partial charge < -0.3 is 0 Å². The van der Waals surface area contributed by atoms with Crippen LogP contribution in [0.1, 0.15) is 11.5 Å². The fraction of sp³-hybridized carbons (Fsp3) is 0.250. The summed E-state index contributed by atoms with van der Waals surface area (Å²) in [4.78, 5) is 7.92. The van der Waals surface area contributed by atoms with Gasteiger partial charge in [0, 0.05) is 12.4 Å². The van der Waals surface area contributed by atoms with Crippen LogP contribution in [0, 0.1) is 0 Å². The van der Waals surface area contributed by atoms with E-state index in [1.807, 2.05) is 0 Å². The zero-order valence-corrected chi connectivity index (χ0v) is 9.45.